The number of hydrogen-bond acceptors (Lipinski definition) is 4. The quantitative estimate of drug-likeness (QED) is 0.592. The fraction of sp³-hybridized carbons (Fsp3) is 0.158. The molecule has 5 nitrogen and oxygen atoms in total. The molecule has 0 atom stereocenters. The van der Waals surface area contributed by atoms with Gasteiger partial charge in [-0.1, -0.05) is 23.7 Å². The molecule has 0 bridgehead atoms. The van der Waals surface area contributed by atoms with Crippen molar-refractivity contribution in [1.82, 2.24) is 5.32 Å². The van der Waals surface area contributed by atoms with Gasteiger partial charge in [-0.3, -0.25) is 10.1 Å². The summed E-state index contributed by atoms with van der Waals surface area (Å²) >= 11 is 11.1. The van der Waals surface area contributed by atoms with E-state index in [1.807, 2.05) is 19.1 Å². The zero-order chi connectivity index (χ0) is 19.1. The normalized spacial score (nSPS) is 10.5. The Bertz CT molecular complexity index is 853. The Labute approximate surface area is 163 Å². The van der Waals surface area contributed by atoms with E-state index in [2.05, 4.69) is 10.6 Å². The summed E-state index contributed by atoms with van der Waals surface area (Å²) in [7, 11) is 3.12. The number of ether oxygens (including phenoxy) is 2. The summed E-state index contributed by atoms with van der Waals surface area (Å²) in [5, 5.41) is 6.33. The van der Waals surface area contributed by atoms with Crippen LogP contribution in [0.2, 0.25) is 5.02 Å². The lowest BCUT2D eigenvalue weighted by Gasteiger charge is -2.11. The minimum absolute atomic E-state index is 0.192. The average Bonchev–Trinajstić information content (AvgIpc) is 2.62. The van der Waals surface area contributed by atoms with Crippen LogP contribution in [-0.4, -0.2) is 25.2 Å². The van der Waals surface area contributed by atoms with Crippen molar-refractivity contribution in [3.8, 4) is 11.5 Å². The van der Waals surface area contributed by atoms with Gasteiger partial charge in [0, 0.05) is 16.8 Å². The second-order valence-electron chi connectivity index (χ2n) is 5.35. The molecule has 0 aromatic heterocycles. The first-order valence-corrected chi connectivity index (χ1v) is 8.49. The van der Waals surface area contributed by atoms with Crippen LogP contribution in [0.3, 0.4) is 0 Å². The van der Waals surface area contributed by atoms with Gasteiger partial charge in [0.1, 0.15) is 0 Å². The molecule has 0 aliphatic heterocycles. The fourth-order valence-corrected chi connectivity index (χ4v) is 2.55. The van der Waals surface area contributed by atoms with Crippen LogP contribution in [0.5, 0.6) is 11.5 Å². The topological polar surface area (TPSA) is 59.6 Å². The van der Waals surface area contributed by atoms with Gasteiger partial charge in [-0.05, 0) is 60.6 Å². The number of carbonyl (C=O) groups excluding carboxylic acids is 1. The Kier molecular flexibility index (Phi) is 7.00. The predicted octanol–water partition coefficient (Wildman–Crippen LogP) is 4.19. The van der Waals surface area contributed by atoms with Crippen molar-refractivity contribution in [2.45, 2.75) is 6.92 Å². The molecule has 0 spiro atoms. The van der Waals surface area contributed by atoms with Crippen LogP contribution in [0.4, 0.5) is 5.69 Å². The maximum absolute atomic E-state index is 12.0. The van der Waals surface area contributed by atoms with Crippen molar-refractivity contribution in [1.29, 1.82) is 0 Å². The van der Waals surface area contributed by atoms with Crippen LogP contribution in [0.15, 0.2) is 42.5 Å². The summed E-state index contributed by atoms with van der Waals surface area (Å²) in [5.41, 5.74) is 2.50. The zero-order valence-corrected chi connectivity index (χ0v) is 16.2. The maximum Gasteiger partial charge on any atom is 0.250 e. The van der Waals surface area contributed by atoms with Crippen LogP contribution in [0, 0.1) is 6.92 Å². The number of methoxy groups -OCH3 is 2. The summed E-state index contributed by atoms with van der Waals surface area (Å²) in [6, 6.07) is 10.8. The van der Waals surface area contributed by atoms with E-state index in [0.717, 1.165) is 16.8 Å². The minimum atomic E-state index is -0.350. The highest BCUT2D eigenvalue weighted by Gasteiger charge is 2.06. The number of halogens is 1. The van der Waals surface area contributed by atoms with Crippen molar-refractivity contribution >= 4 is 46.6 Å². The summed E-state index contributed by atoms with van der Waals surface area (Å²) in [4.78, 5) is 12.0. The van der Waals surface area contributed by atoms with Gasteiger partial charge in [-0.15, -0.1) is 0 Å². The fourth-order valence-electron chi connectivity index (χ4n) is 2.16. The Morgan fingerprint density at radius 1 is 1.12 bits per heavy atom. The maximum atomic E-state index is 12.0. The Morgan fingerprint density at radius 3 is 2.54 bits per heavy atom. The molecule has 26 heavy (non-hydrogen) atoms. The lowest BCUT2D eigenvalue weighted by molar-refractivity contribution is -0.115. The monoisotopic (exact) mass is 390 g/mol. The van der Waals surface area contributed by atoms with Gasteiger partial charge in [-0.25, -0.2) is 0 Å². The number of rotatable bonds is 5. The molecule has 1 amide bonds. The smallest absolute Gasteiger partial charge is 0.250 e. The Balaban J connectivity index is 1.98. The van der Waals surface area contributed by atoms with E-state index in [-0.39, 0.29) is 11.0 Å². The molecule has 0 saturated heterocycles. The van der Waals surface area contributed by atoms with E-state index < -0.39 is 0 Å². The van der Waals surface area contributed by atoms with E-state index in [1.165, 1.54) is 6.08 Å². The number of hydrogen-bond donors (Lipinski definition) is 2. The molecule has 0 fully saturated rings. The summed E-state index contributed by atoms with van der Waals surface area (Å²) in [6.45, 7) is 1.92. The highest BCUT2D eigenvalue weighted by molar-refractivity contribution is 7.80. The summed E-state index contributed by atoms with van der Waals surface area (Å²) in [5.74, 6) is 0.858. The van der Waals surface area contributed by atoms with E-state index >= 15 is 0 Å². The third-order valence-electron chi connectivity index (χ3n) is 3.52. The SMILES string of the molecule is COc1ccc(/C=C/C(=O)NC(=S)Nc2cc(Cl)ccc2C)cc1OC. The first kappa shape index (κ1) is 19.8. The second-order valence-corrected chi connectivity index (χ2v) is 6.20. The standard InChI is InChI=1S/C19H19ClN2O3S/c1-12-4-7-14(20)11-15(12)21-19(26)22-18(23)9-6-13-5-8-16(24-2)17(10-13)25-3/h4-11H,1-3H3,(H2,21,22,23,26)/b9-6+. The largest absolute Gasteiger partial charge is 0.493 e. The number of nitrogens with one attached hydrogen (secondary N) is 2. The molecule has 2 aromatic carbocycles. The van der Waals surface area contributed by atoms with E-state index in [0.29, 0.717) is 16.5 Å². The number of carbonyl (C=O) groups is 1. The highest BCUT2D eigenvalue weighted by Crippen LogP contribution is 2.27. The molecular weight excluding hydrogens is 372 g/mol. The number of amides is 1. The van der Waals surface area contributed by atoms with Gasteiger partial charge in [-0.2, -0.15) is 0 Å². The highest BCUT2D eigenvalue weighted by atomic mass is 35.5. The second kappa shape index (κ2) is 9.22. The number of benzene rings is 2. The molecule has 0 aliphatic carbocycles. The molecule has 0 saturated carbocycles. The van der Waals surface area contributed by atoms with Crippen molar-refractivity contribution < 1.29 is 14.3 Å². The van der Waals surface area contributed by atoms with Crippen molar-refractivity contribution in [3.63, 3.8) is 0 Å². The molecule has 0 aliphatic rings. The molecule has 136 valence electrons. The lowest BCUT2D eigenvalue weighted by atomic mass is 10.2. The summed E-state index contributed by atoms with van der Waals surface area (Å²) in [6.07, 6.45) is 3.05. The lowest BCUT2D eigenvalue weighted by Crippen LogP contribution is -2.33. The van der Waals surface area contributed by atoms with Crippen LogP contribution >= 0.6 is 23.8 Å². The van der Waals surface area contributed by atoms with E-state index in [4.69, 9.17) is 33.3 Å². The van der Waals surface area contributed by atoms with Crippen LogP contribution in [0.1, 0.15) is 11.1 Å². The molecule has 2 aromatic rings. The molecular formula is C19H19ClN2O3S. The van der Waals surface area contributed by atoms with Gasteiger partial charge in [0.25, 0.3) is 0 Å². The van der Waals surface area contributed by atoms with Crippen LogP contribution in [-0.2, 0) is 4.79 Å². The van der Waals surface area contributed by atoms with E-state index in [9.17, 15) is 4.79 Å². The molecule has 7 heteroatoms. The van der Waals surface area contributed by atoms with Crippen molar-refractivity contribution in [2.75, 3.05) is 19.5 Å². The number of aryl methyl sites for hydroxylation is 1. The molecule has 2 N–H and O–H groups in total. The van der Waals surface area contributed by atoms with Gasteiger partial charge >= 0.3 is 0 Å². The van der Waals surface area contributed by atoms with E-state index in [1.54, 1.807) is 44.6 Å². The Hall–Kier alpha value is -2.57. The third-order valence-corrected chi connectivity index (χ3v) is 3.96. The average molecular weight is 391 g/mol. The molecule has 0 unspecified atom stereocenters. The minimum Gasteiger partial charge on any atom is -0.493 e. The predicted molar refractivity (Wildman–Crippen MR) is 109 cm³/mol. The first-order chi connectivity index (χ1) is 12.4. The summed E-state index contributed by atoms with van der Waals surface area (Å²) < 4.78 is 10.4. The number of anilines is 1. The van der Waals surface area contributed by atoms with Gasteiger partial charge < -0.3 is 14.8 Å². The molecule has 0 radical (unpaired) electrons. The molecule has 2 rings (SSSR count). The van der Waals surface area contributed by atoms with Crippen molar-refractivity contribution in [3.05, 3.63) is 58.6 Å². The third kappa shape index (κ3) is 5.47. The Morgan fingerprint density at radius 2 is 1.85 bits per heavy atom. The number of thiocarbonyl (C=S) groups is 1. The van der Waals surface area contributed by atoms with Gasteiger partial charge in [0.2, 0.25) is 5.91 Å². The zero-order valence-electron chi connectivity index (χ0n) is 14.6. The van der Waals surface area contributed by atoms with Crippen LogP contribution in [0.25, 0.3) is 6.08 Å². The van der Waals surface area contributed by atoms with Gasteiger partial charge in [0.15, 0.2) is 16.6 Å². The van der Waals surface area contributed by atoms with Gasteiger partial charge in [0.05, 0.1) is 14.2 Å². The first-order valence-electron chi connectivity index (χ1n) is 7.71. The van der Waals surface area contributed by atoms with Crippen molar-refractivity contribution in [2.24, 2.45) is 0 Å². The van der Waals surface area contributed by atoms with Crippen LogP contribution < -0.4 is 20.1 Å². The molecule has 0 heterocycles.